The van der Waals surface area contributed by atoms with Crippen LogP contribution in [0.2, 0.25) is 0 Å². The van der Waals surface area contributed by atoms with Crippen LogP contribution < -0.4 is 10.6 Å². The molecule has 0 aromatic heterocycles. The van der Waals surface area contributed by atoms with E-state index < -0.39 is 35.6 Å². The predicted molar refractivity (Wildman–Crippen MR) is 83.9 cm³/mol. The summed E-state index contributed by atoms with van der Waals surface area (Å²) >= 11 is 0. The van der Waals surface area contributed by atoms with Crippen molar-refractivity contribution >= 4 is 35.3 Å². The van der Waals surface area contributed by atoms with Crippen LogP contribution in [0.15, 0.2) is 18.2 Å². The number of nitrogens with one attached hydrogen (secondary N) is 2. The average molecular weight is 345 g/mol. The SMILES string of the molecule is O=C(O)CCNc1ccc2c(c1)C(=O)N(C1CCC(=O)NC1=O)C2=O. The summed E-state index contributed by atoms with van der Waals surface area (Å²) in [5.41, 5.74) is 0.833. The third-order valence-electron chi connectivity index (χ3n) is 4.11. The zero-order valence-electron chi connectivity index (χ0n) is 13.1. The highest BCUT2D eigenvalue weighted by atomic mass is 16.4. The molecule has 9 heteroatoms. The van der Waals surface area contributed by atoms with Crippen LogP contribution >= 0.6 is 0 Å². The van der Waals surface area contributed by atoms with Gasteiger partial charge in [-0.15, -0.1) is 0 Å². The fourth-order valence-electron chi connectivity index (χ4n) is 2.89. The largest absolute Gasteiger partial charge is 0.481 e. The monoisotopic (exact) mass is 345 g/mol. The van der Waals surface area contributed by atoms with Crippen molar-refractivity contribution in [1.82, 2.24) is 10.2 Å². The number of aliphatic carboxylic acids is 1. The van der Waals surface area contributed by atoms with Crippen LogP contribution in [0.25, 0.3) is 0 Å². The Bertz CT molecular complexity index is 803. The first-order chi connectivity index (χ1) is 11.9. The van der Waals surface area contributed by atoms with Gasteiger partial charge in [0, 0.05) is 18.7 Å². The molecule has 4 amide bonds. The lowest BCUT2D eigenvalue weighted by molar-refractivity contribution is -0.137. The van der Waals surface area contributed by atoms with Crippen molar-refractivity contribution in [3.63, 3.8) is 0 Å². The number of piperidine rings is 1. The van der Waals surface area contributed by atoms with Gasteiger partial charge in [-0.3, -0.25) is 34.2 Å². The highest BCUT2D eigenvalue weighted by Gasteiger charge is 2.44. The smallest absolute Gasteiger partial charge is 0.305 e. The first-order valence-electron chi connectivity index (χ1n) is 7.70. The number of carbonyl (C=O) groups is 5. The zero-order chi connectivity index (χ0) is 18.1. The van der Waals surface area contributed by atoms with E-state index in [1.54, 1.807) is 6.07 Å². The number of fused-ring (bicyclic) bond motifs is 1. The minimum absolute atomic E-state index is 0.0613. The Kier molecular flexibility index (Phi) is 4.22. The summed E-state index contributed by atoms with van der Waals surface area (Å²) in [6, 6.07) is 3.49. The molecule has 0 radical (unpaired) electrons. The fraction of sp³-hybridized carbons (Fsp3) is 0.312. The molecule has 1 unspecified atom stereocenters. The Morgan fingerprint density at radius 3 is 2.60 bits per heavy atom. The van der Waals surface area contributed by atoms with Gasteiger partial charge in [-0.1, -0.05) is 0 Å². The summed E-state index contributed by atoms with van der Waals surface area (Å²) in [6.07, 6.45) is 0.0675. The van der Waals surface area contributed by atoms with Gasteiger partial charge in [0.2, 0.25) is 11.8 Å². The molecule has 2 heterocycles. The van der Waals surface area contributed by atoms with Crippen LogP contribution in [0.4, 0.5) is 5.69 Å². The maximum Gasteiger partial charge on any atom is 0.305 e. The third kappa shape index (κ3) is 3.08. The second-order valence-electron chi connectivity index (χ2n) is 5.78. The number of nitrogens with zero attached hydrogens (tertiary/aromatic N) is 1. The molecule has 1 aromatic rings. The van der Waals surface area contributed by atoms with E-state index in [2.05, 4.69) is 10.6 Å². The Balaban J connectivity index is 1.80. The molecule has 1 fully saturated rings. The molecule has 9 nitrogen and oxygen atoms in total. The molecule has 130 valence electrons. The first-order valence-corrected chi connectivity index (χ1v) is 7.70. The number of imide groups is 2. The summed E-state index contributed by atoms with van der Waals surface area (Å²) < 4.78 is 0. The summed E-state index contributed by atoms with van der Waals surface area (Å²) in [6.45, 7) is 0.174. The highest BCUT2D eigenvalue weighted by molar-refractivity contribution is 6.23. The number of benzene rings is 1. The van der Waals surface area contributed by atoms with Gasteiger partial charge in [0.15, 0.2) is 0 Å². The van der Waals surface area contributed by atoms with Crippen LogP contribution in [0, 0.1) is 0 Å². The van der Waals surface area contributed by atoms with Crippen molar-refractivity contribution in [3.05, 3.63) is 29.3 Å². The zero-order valence-corrected chi connectivity index (χ0v) is 13.1. The Labute approximate surface area is 142 Å². The van der Waals surface area contributed by atoms with E-state index >= 15 is 0 Å². The van der Waals surface area contributed by atoms with Crippen LogP contribution in [-0.4, -0.2) is 52.2 Å². The standard InChI is InChI=1S/C16H15N3O6/c20-12-4-3-11(14(23)18-12)19-15(24)9-2-1-8(7-10(9)16(19)25)17-6-5-13(21)22/h1-2,7,11,17H,3-6H2,(H,21,22)(H,18,20,23). The minimum Gasteiger partial charge on any atom is -0.481 e. The maximum atomic E-state index is 12.6. The number of anilines is 1. The number of carboxylic acids is 1. The molecule has 1 saturated heterocycles. The number of carboxylic acid groups (broad SMARTS) is 1. The molecule has 1 atom stereocenters. The van der Waals surface area contributed by atoms with E-state index in [1.807, 2.05) is 0 Å². The summed E-state index contributed by atoms with van der Waals surface area (Å²) in [4.78, 5) is 59.7. The molecule has 0 spiro atoms. The number of hydrogen-bond donors (Lipinski definition) is 3. The molecule has 2 aliphatic heterocycles. The summed E-state index contributed by atoms with van der Waals surface area (Å²) in [7, 11) is 0. The van der Waals surface area contributed by atoms with Gasteiger partial charge in [0.05, 0.1) is 17.5 Å². The van der Waals surface area contributed by atoms with Crippen molar-refractivity contribution in [2.45, 2.75) is 25.3 Å². The topological polar surface area (TPSA) is 133 Å². The Morgan fingerprint density at radius 1 is 1.20 bits per heavy atom. The molecule has 0 saturated carbocycles. The third-order valence-corrected chi connectivity index (χ3v) is 4.11. The summed E-state index contributed by atoms with van der Waals surface area (Å²) in [5, 5.41) is 13.6. The van der Waals surface area contributed by atoms with Crippen molar-refractivity contribution in [2.24, 2.45) is 0 Å². The normalized spacial score (nSPS) is 19.7. The van der Waals surface area contributed by atoms with Crippen molar-refractivity contribution in [1.29, 1.82) is 0 Å². The van der Waals surface area contributed by atoms with Gasteiger partial charge in [-0.2, -0.15) is 0 Å². The lowest BCUT2D eigenvalue weighted by Crippen LogP contribution is -2.54. The average Bonchev–Trinajstić information content (AvgIpc) is 2.79. The molecule has 25 heavy (non-hydrogen) atoms. The highest BCUT2D eigenvalue weighted by Crippen LogP contribution is 2.29. The van der Waals surface area contributed by atoms with Gasteiger partial charge >= 0.3 is 5.97 Å². The molecule has 2 aliphatic rings. The van der Waals surface area contributed by atoms with E-state index in [9.17, 15) is 24.0 Å². The van der Waals surface area contributed by atoms with E-state index in [1.165, 1.54) is 12.1 Å². The van der Waals surface area contributed by atoms with E-state index in [0.29, 0.717) is 5.69 Å². The minimum atomic E-state index is -1.01. The quantitative estimate of drug-likeness (QED) is 0.638. The molecule has 3 N–H and O–H groups in total. The molecular weight excluding hydrogens is 330 g/mol. The number of hydrogen-bond acceptors (Lipinski definition) is 6. The summed E-state index contributed by atoms with van der Waals surface area (Å²) in [5.74, 6) is -3.22. The lowest BCUT2D eigenvalue weighted by atomic mass is 10.0. The van der Waals surface area contributed by atoms with Crippen LogP contribution in [0.1, 0.15) is 40.0 Å². The van der Waals surface area contributed by atoms with Crippen molar-refractivity contribution in [3.8, 4) is 0 Å². The van der Waals surface area contributed by atoms with Crippen LogP contribution in [0.3, 0.4) is 0 Å². The second-order valence-corrected chi connectivity index (χ2v) is 5.78. The van der Waals surface area contributed by atoms with E-state index in [0.717, 1.165) is 4.90 Å². The van der Waals surface area contributed by atoms with Crippen molar-refractivity contribution in [2.75, 3.05) is 11.9 Å². The van der Waals surface area contributed by atoms with E-state index in [-0.39, 0.29) is 36.9 Å². The number of rotatable bonds is 5. The van der Waals surface area contributed by atoms with Gasteiger partial charge in [-0.25, -0.2) is 0 Å². The Morgan fingerprint density at radius 2 is 1.92 bits per heavy atom. The van der Waals surface area contributed by atoms with Crippen LogP contribution in [-0.2, 0) is 14.4 Å². The van der Waals surface area contributed by atoms with Gasteiger partial charge in [0.1, 0.15) is 6.04 Å². The Hall–Kier alpha value is -3.23. The molecule has 0 aliphatic carbocycles. The second kappa shape index (κ2) is 6.34. The van der Waals surface area contributed by atoms with Gasteiger partial charge in [-0.05, 0) is 24.6 Å². The molecule has 3 rings (SSSR count). The predicted octanol–water partition coefficient (Wildman–Crippen LogP) is -0.0256. The van der Waals surface area contributed by atoms with Gasteiger partial charge < -0.3 is 10.4 Å². The molecule has 1 aromatic carbocycles. The molecular formula is C16H15N3O6. The van der Waals surface area contributed by atoms with Crippen LogP contribution in [0.5, 0.6) is 0 Å². The number of amides is 4. The lowest BCUT2D eigenvalue weighted by Gasteiger charge is -2.27. The number of carbonyl (C=O) groups excluding carboxylic acids is 4. The fourth-order valence-corrected chi connectivity index (χ4v) is 2.89. The van der Waals surface area contributed by atoms with E-state index in [4.69, 9.17) is 5.11 Å². The first kappa shape index (κ1) is 16.6. The van der Waals surface area contributed by atoms with Gasteiger partial charge in [0.25, 0.3) is 11.8 Å². The molecule has 0 bridgehead atoms. The van der Waals surface area contributed by atoms with Crippen molar-refractivity contribution < 1.29 is 29.1 Å². The maximum absolute atomic E-state index is 12.6.